The first-order chi connectivity index (χ1) is 7.36. The zero-order valence-corrected chi connectivity index (χ0v) is 11.2. The zero-order chi connectivity index (χ0) is 11.7. The van der Waals surface area contributed by atoms with Gasteiger partial charge in [-0.25, -0.2) is 0 Å². The van der Waals surface area contributed by atoms with Crippen molar-refractivity contribution in [2.45, 2.75) is 59.0 Å². The molecule has 3 rings (SSSR count). The molecule has 16 heavy (non-hydrogen) atoms. The Morgan fingerprint density at radius 2 is 1.69 bits per heavy atom. The van der Waals surface area contributed by atoms with Crippen LogP contribution in [0.2, 0.25) is 0 Å². The molecule has 3 aliphatic carbocycles. The topological polar surface area (TPSA) is 20.2 Å². The Balaban J connectivity index is 1.94. The Labute approximate surface area is 99.6 Å². The maximum Gasteiger partial charge on any atom is 0.0650 e. The molecular formula is C15H26O. The molecule has 0 unspecified atom stereocenters. The number of rotatable bonds is 0. The fraction of sp³-hybridized carbons (Fsp3) is 1.00. The SMILES string of the molecule is C[C@@H]1CC[C@@H]2[C@H]1[C@H]1[C@H](CC[C@@]2(C)O)C1(C)C. The fourth-order valence-corrected chi connectivity index (χ4v) is 5.29. The molecule has 1 N–H and O–H groups in total. The largest absolute Gasteiger partial charge is 0.390 e. The fourth-order valence-electron chi connectivity index (χ4n) is 5.29. The number of fused-ring (bicyclic) bond motifs is 3. The van der Waals surface area contributed by atoms with Gasteiger partial charge in [0.1, 0.15) is 0 Å². The van der Waals surface area contributed by atoms with E-state index >= 15 is 0 Å². The average Bonchev–Trinajstić information content (AvgIpc) is 2.51. The van der Waals surface area contributed by atoms with E-state index in [0.29, 0.717) is 11.3 Å². The van der Waals surface area contributed by atoms with Crippen LogP contribution < -0.4 is 0 Å². The van der Waals surface area contributed by atoms with Crippen LogP contribution >= 0.6 is 0 Å². The van der Waals surface area contributed by atoms with Crippen LogP contribution in [0, 0.1) is 35.0 Å². The number of hydrogen-bond donors (Lipinski definition) is 1. The van der Waals surface area contributed by atoms with E-state index in [1.165, 1.54) is 19.3 Å². The quantitative estimate of drug-likeness (QED) is 0.665. The molecule has 0 spiro atoms. The summed E-state index contributed by atoms with van der Waals surface area (Å²) in [6.07, 6.45) is 4.89. The van der Waals surface area contributed by atoms with Crippen LogP contribution in [0.3, 0.4) is 0 Å². The summed E-state index contributed by atoms with van der Waals surface area (Å²) in [5.74, 6) is 4.03. The average molecular weight is 222 g/mol. The molecule has 0 aromatic heterocycles. The van der Waals surface area contributed by atoms with Crippen LogP contribution in [0.5, 0.6) is 0 Å². The van der Waals surface area contributed by atoms with E-state index in [4.69, 9.17) is 0 Å². The highest BCUT2D eigenvalue weighted by molar-refractivity contribution is 5.14. The molecule has 3 fully saturated rings. The van der Waals surface area contributed by atoms with Crippen molar-refractivity contribution < 1.29 is 5.11 Å². The summed E-state index contributed by atoms with van der Waals surface area (Å²) in [4.78, 5) is 0. The molecule has 0 amide bonds. The third kappa shape index (κ3) is 1.27. The van der Waals surface area contributed by atoms with Gasteiger partial charge in [0.15, 0.2) is 0 Å². The highest BCUT2D eigenvalue weighted by Gasteiger charge is 2.66. The van der Waals surface area contributed by atoms with Crippen LogP contribution in [-0.4, -0.2) is 10.7 Å². The van der Waals surface area contributed by atoms with Gasteiger partial charge >= 0.3 is 0 Å². The summed E-state index contributed by atoms with van der Waals surface area (Å²) in [6, 6.07) is 0. The van der Waals surface area contributed by atoms with Crippen molar-refractivity contribution in [1.82, 2.24) is 0 Å². The number of aliphatic hydroxyl groups is 1. The molecule has 3 saturated carbocycles. The third-order valence-electron chi connectivity index (χ3n) is 6.37. The van der Waals surface area contributed by atoms with E-state index in [2.05, 4.69) is 27.7 Å². The van der Waals surface area contributed by atoms with Crippen LogP contribution in [0.25, 0.3) is 0 Å². The summed E-state index contributed by atoms with van der Waals surface area (Å²) in [6.45, 7) is 9.41. The predicted molar refractivity (Wildman–Crippen MR) is 66.0 cm³/mol. The molecule has 0 aromatic carbocycles. The second kappa shape index (κ2) is 3.04. The Bertz CT molecular complexity index is 305. The summed E-state index contributed by atoms with van der Waals surface area (Å²) < 4.78 is 0. The standard InChI is InChI=1S/C15H26O/c1-9-5-6-10-12(9)13-11(14(13,2)3)7-8-15(10,4)16/h9-13,16H,5-8H2,1-4H3/t9-,10-,11+,12+,13-,15-/m1/s1. The first kappa shape index (κ1) is 11.1. The van der Waals surface area contributed by atoms with Gasteiger partial charge < -0.3 is 5.11 Å². The van der Waals surface area contributed by atoms with Crippen molar-refractivity contribution in [2.75, 3.05) is 0 Å². The Morgan fingerprint density at radius 1 is 1.00 bits per heavy atom. The van der Waals surface area contributed by atoms with Crippen LogP contribution in [0.15, 0.2) is 0 Å². The molecule has 6 atom stereocenters. The molecule has 0 saturated heterocycles. The van der Waals surface area contributed by atoms with Crippen molar-refractivity contribution in [3.8, 4) is 0 Å². The summed E-state index contributed by atoms with van der Waals surface area (Å²) in [7, 11) is 0. The monoisotopic (exact) mass is 222 g/mol. The van der Waals surface area contributed by atoms with E-state index in [1.54, 1.807) is 0 Å². The summed E-state index contributed by atoms with van der Waals surface area (Å²) in [5.41, 5.74) is 0.191. The highest BCUT2D eigenvalue weighted by atomic mass is 16.3. The predicted octanol–water partition coefficient (Wildman–Crippen LogP) is 3.47. The maximum absolute atomic E-state index is 10.7. The Morgan fingerprint density at radius 3 is 2.38 bits per heavy atom. The minimum atomic E-state index is -0.376. The molecule has 1 nitrogen and oxygen atoms in total. The zero-order valence-electron chi connectivity index (χ0n) is 11.2. The van der Waals surface area contributed by atoms with E-state index in [-0.39, 0.29) is 5.60 Å². The lowest BCUT2D eigenvalue weighted by Crippen LogP contribution is -2.38. The van der Waals surface area contributed by atoms with Crippen molar-refractivity contribution in [3.05, 3.63) is 0 Å². The third-order valence-corrected chi connectivity index (χ3v) is 6.37. The van der Waals surface area contributed by atoms with E-state index in [1.807, 2.05) is 0 Å². The molecule has 92 valence electrons. The lowest BCUT2D eigenvalue weighted by Gasteiger charge is -2.35. The van der Waals surface area contributed by atoms with Gasteiger partial charge in [-0.2, -0.15) is 0 Å². The first-order valence-electron chi connectivity index (χ1n) is 7.08. The van der Waals surface area contributed by atoms with Gasteiger partial charge in [0.2, 0.25) is 0 Å². The normalized spacial score (nSPS) is 58.7. The van der Waals surface area contributed by atoms with Gasteiger partial charge in [0.25, 0.3) is 0 Å². The maximum atomic E-state index is 10.7. The van der Waals surface area contributed by atoms with Gasteiger partial charge in [-0.15, -0.1) is 0 Å². The molecule has 0 aliphatic heterocycles. The minimum Gasteiger partial charge on any atom is -0.390 e. The second-order valence-electron chi connectivity index (χ2n) is 7.59. The molecule has 0 radical (unpaired) electrons. The van der Waals surface area contributed by atoms with Crippen molar-refractivity contribution in [2.24, 2.45) is 35.0 Å². The van der Waals surface area contributed by atoms with E-state index in [9.17, 15) is 5.11 Å². The summed E-state index contributed by atoms with van der Waals surface area (Å²) in [5, 5.41) is 10.7. The second-order valence-corrected chi connectivity index (χ2v) is 7.59. The minimum absolute atomic E-state index is 0.376. The van der Waals surface area contributed by atoms with Gasteiger partial charge in [-0.3, -0.25) is 0 Å². The molecule has 0 bridgehead atoms. The van der Waals surface area contributed by atoms with Crippen molar-refractivity contribution in [3.63, 3.8) is 0 Å². The smallest absolute Gasteiger partial charge is 0.0650 e. The van der Waals surface area contributed by atoms with Gasteiger partial charge in [0.05, 0.1) is 5.60 Å². The van der Waals surface area contributed by atoms with Crippen molar-refractivity contribution >= 4 is 0 Å². The first-order valence-corrected chi connectivity index (χ1v) is 7.08. The lowest BCUT2D eigenvalue weighted by molar-refractivity contribution is -0.0302. The van der Waals surface area contributed by atoms with E-state index in [0.717, 1.165) is 30.1 Å². The molecule has 3 aliphatic rings. The van der Waals surface area contributed by atoms with Gasteiger partial charge in [-0.05, 0) is 61.2 Å². The molecule has 1 heteroatoms. The lowest BCUT2D eigenvalue weighted by atomic mass is 9.74. The van der Waals surface area contributed by atoms with Crippen LogP contribution in [0.1, 0.15) is 53.4 Å². The van der Waals surface area contributed by atoms with Crippen LogP contribution in [-0.2, 0) is 0 Å². The van der Waals surface area contributed by atoms with E-state index < -0.39 is 0 Å². The molecule has 0 aromatic rings. The Hall–Kier alpha value is -0.0400. The molecular weight excluding hydrogens is 196 g/mol. The van der Waals surface area contributed by atoms with Crippen LogP contribution in [0.4, 0.5) is 0 Å². The molecule has 0 heterocycles. The van der Waals surface area contributed by atoms with Gasteiger partial charge in [-0.1, -0.05) is 27.2 Å². The highest BCUT2D eigenvalue weighted by Crippen LogP contribution is 2.71. The number of hydrogen-bond acceptors (Lipinski definition) is 1. The van der Waals surface area contributed by atoms with Crippen molar-refractivity contribution in [1.29, 1.82) is 0 Å². The Kier molecular flexibility index (Phi) is 2.11. The summed E-state index contributed by atoms with van der Waals surface area (Å²) >= 11 is 0. The van der Waals surface area contributed by atoms with Gasteiger partial charge in [0, 0.05) is 0 Å².